The molecule has 0 spiro atoms. The van der Waals surface area contributed by atoms with E-state index in [-0.39, 0.29) is 0 Å². The summed E-state index contributed by atoms with van der Waals surface area (Å²) in [6.07, 6.45) is 1.01. The Balaban J connectivity index is 1.92. The van der Waals surface area contributed by atoms with Crippen LogP contribution >= 0.6 is 0 Å². The predicted molar refractivity (Wildman–Crippen MR) is 78.2 cm³/mol. The van der Waals surface area contributed by atoms with E-state index in [1.54, 1.807) is 0 Å². The fraction of sp³-hybridized carbons (Fsp3) is 0.176. The van der Waals surface area contributed by atoms with Crippen molar-refractivity contribution in [3.63, 3.8) is 0 Å². The van der Waals surface area contributed by atoms with Gasteiger partial charge < -0.3 is 5.32 Å². The first-order chi connectivity index (χ1) is 8.75. The smallest absolute Gasteiger partial charge is 0.0342 e. The molecule has 0 radical (unpaired) electrons. The van der Waals surface area contributed by atoms with Gasteiger partial charge in [-0.3, -0.25) is 0 Å². The molecule has 0 saturated carbocycles. The largest absolute Gasteiger partial charge is 0.382 e. The molecule has 2 aromatic carbocycles. The molecular weight excluding hydrogens is 218 g/mol. The summed E-state index contributed by atoms with van der Waals surface area (Å²) < 4.78 is 0. The van der Waals surface area contributed by atoms with Gasteiger partial charge in [-0.25, -0.2) is 0 Å². The van der Waals surface area contributed by atoms with E-state index in [4.69, 9.17) is 0 Å². The molecule has 0 aliphatic rings. The fourth-order valence-corrected chi connectivity index (χ4v) is 2.04. The van der Waals surface area contributed by atoms with Crippen LogP contribution in [-0.2, 0) is 6.42 Å². The average molecular weight is 237 g/mol. The highest BCUT2D eigenvalue weighted by molar-refractivity contribution is 5.61. The lowest BCUT2D eigenvalue weighted by Crippen LogP contribution is -2.26. The Morgan fingerprint density at radius 1 is 1.00 bits per heavy atom. The lowest BCUT2D eigenvalue weighted by atomic mass is 10.1. The molecule has 0 aliphatic heterocycles. The van der Waals surface area contributed by atoms with E-state index < -0.39 is 0 Å². The highest BCUT2D eigenvalue weighted by Gasteiger charge is 2.05. The third-order valence-electron chi connectivity index (χ3n) is 2.93. The molecule has 0 fully saturated rings. The second-order valence-electron chi connectivity index (χ2n) is 4.58. The van der Waals surface area contributed by atoms with Crippen molar-refractivity contribution in [1.29, 1.82) is 0 Å². The number of rotatable bonds is 5. The monoisotopic (exact) mass is 237 g/mol. The van der Waals surface area contributed by atoms with Crippen molar-refractivity contribution in [1.82, 2.24) is 5.32 Å². The summed E-state index contributed by atoms with van der Waals surface area (Å²) in [5.41, 5.74) is 3.48. The van der Waals surface area contributed by atoms with Crippen molar-refractivity contribution < 1.29 is 0 Å². The second-order valence-corrected chi connectivity index (χ2v) is 4.58. The molecule has 2 rings (SSSR count). The van der Waals surface area contributed by atoms with Crippen LogP contribution in [0.3, 0.4) is 0 Å². The average Bonchev–Trinajstić information content (AvgIpc) is 2.40. The summed E-state index contributed by atoms with van der Waals surface area (Å²) in [4.78, 5) is 0. The minimum absolute atomic E-state index is 0.375. The zero-order valence-electron chi connectivity index (χ0n) is 10.8. The van der Waals surface area contributed by atoms with Crippen LogP contribution in [0.1, 0.15) is 18.1 Å². The third-order valence-corrected chi connectivity index (χ3v) is 2.93. The highest BCUT2D eigenvalue weighted by atomic mass is 14.9. The van der Waals surface area contributed by atoms with Crippen LogP contribution in [0.4, 0.5) is 0 Å². The van der Waals surface area contributed by atoms with Gasteiger partial charge in [0, 0.05) is 11.7 Å². The molecule has 1 unspecified atom stereocenters. The van der Waals surface area contributed by atoms with Crippen LogP contribution in [0, 0.1) is 0 Å². The van der Waals surface area contributed by atoms with Crippen LogP contribution in [0.25, 0.3) is 5.70 Å². The molecule has 18 heavy (non-hydrogen) atoms. The Bertz CT molecular complexity index is 488. The molecule has 0 aromatic heterocycles. The molecule has 1 N–H and O–H groups in total. The minimum Gasteiger partial charge on any atom is -0.382 e. The molecule has 0 amide bonds. The molecule has 0 bridgehead atoms. The lowest BCUT2D eigenvalue weighted by Gasteiger charge is -2.17. The molecule has 0 heterocycles. The Kier molecular flexibility index (Phi) is 4.19. The van der Waals surface area contributed by atoms with Gasteiger partial charge in [0.1, 0.15) is 0 Å². The lowest BCUT2D eigenvalue weighted by molar-refractivity contribution is 0.648. The van der Waals surface area contributed by atoms with Crippen molar-refractivity contribution in [2.75, 3.05) is 0 Å². The molecule has 1 heteroatoms. The van der Waals surface area contributed by atoms with E-state index in [0.717, 1.165) is 17.7 Å². The summed E-state index contributed by atoms with van der Waals surface area (Å²) in [6.45, 7) is 6.28. The SMILES string of the molecule is C=C(NC(C)Cc1ccccc1)c1ccccc1. The van der Waals surface area contributed by atoms with Gasteiger partial charge in [-0.1, -0.05) is 67.2 Å². The van der Waals surface area contributed by atoms with E-state index >= 15 is 0 Å². The van der Waals surface area contributed by atoms with Crippen molar-refractivity contribution in [3.8, 4) is 0 Å². The van der Waals surface area contributed by atoms with Crippen LogP contribution in [0.5, 0.6) is 0 Å². The molecule has 0 aliphatic carbocycles. The molecule has 1 atom stereocenters. The van der Waals surface area contributed by atoms with Gasteiger partial charge in [0.05, 0.1) is 0 Å². The van der Waals surface area contributed by atoms with Gasteiger partial charge in [-0.2, -0.15) is 0 Å². The first-order valence-corrected chi connectivity index (χ1v) is 6.30. The molecule has 92 valence electrons. The van der Waals surface area contributed by atoms with E-state index in [2.05, 4.69) is 55.2 Å². The molecular formula is C17H19N. The van der Waals surface area contributed by atoms with Gasteiger partial charge in [0.15, 0.2) is 0 Å². The highest BCUT2D eigenvalue weighted by Crippen LogP contribution is 2.11. The Morgan fingerprint density at radius 2 is 1.56 bits per heavy atom. The van der Waals surface area contributed by atoms with Crippen LogP contribution in [-0.4, -0.2) is 6.04 Å². The minimum atomic E-state index is 0.375. The number of hydrogen-bond donors (Lipinski definition) is 1. The fourth-order valence-electron chi connectivity index (χ4n) is 2.04. The van der Waals surface area contributed by atoms with E-state index in [1.807, 2.05) is 24.3 Å². The summed E-state index contributed by atoms with van der Waals surface area (Å²) in [5, 5.41) is 3.45. The number of nitrogens with one attached hydrogen (secondary N) is 1. The van der Waals surface area contributed by atoms with Gasteiger partial charge in [-0.05, 0) is 24.5 Å². The normalized spacial score (nSPS) is 11.8. The summed E-state index contributed by atoms with van der Waals surface area (Å²) in [7, 11) is 0. The van der Waals surface area contributed by atoms with Crippen molar-refractivity contribution in [2.24, 2.45) is 0 Å². The van der Waals surface area contributed by atoms with Gasteiger partial charge >= 0.3 is 0 Å². The van der Waals surface area contributed by atoms with E-state index in [9.17, 15) is 0 Å². The molecule has 2 aromatic rings. The number of benzene rings is 2. The van der Waals surface area contributed by atoms with Crippen LogP contribution in [0.15, 0.2) is 67.2 Å². The Morgan fingerprint density at radius 3 is 2.17 bits per heavy atom. The first-order valence-electron chi connectivity index (χ1n) is 6.30. The molecule has 0 saturated heterocycles. The first kappa shape index (κ1) is 12.4. The summed E-state index contributed by atoms with van der Waals surface area (Å²) >= 11 is 0. The maximum absolute atomic E-state index is 4.10. The van der Waals surface area contributed by atoms with E-state index in [0.29, 0.717) is 6.04 Å². The predicted octanol–water partition coefficient (Wildman–Crippen LogP) is 3.88. The van der Waals surface area contributed by atoms with Crippen molar-refractivity contribution in [2.45, 2.75) is 19.4 Å². The summed E-state index contributed by atoms with van der Waals surface area (Å²) in [6, 6.07) is 21.1. The second kappa shape index (κ2) is 6.06. The molecule has 1 nitrogen and oxygen atoms in total. The standard InChI is InChI=1S/C17H19N/c1-14(13-16-9-5-3-6-10-16)18-15(2)17-11-7-4-8-12-17/h3-12,14,18H,2,13H2,1H3. The maximum atomic E-state index is 4.10. The van der Waals surface area contributed by atoms with Gasteiger partial charge in [0.25, 0.3) is 0 Å². The topological polar surface area (TPSA) is 12.0 Å². The zero-order chi connectivity index (χ0) is 12.8. The summed E-state index contributed by atoms with van der Waals surface area (Å²) in [5.74, 6) is 0. The number of hydrogen-bond acceptors (Lipinski definition) is 1. The van der Waals surface area contributed by atoms with Gasteiger partial charge in [0.2, 0.25) is 0 Å². The maximum Gasteiger partial charge on any atom is 0.0342 e. The van der Waals surface area contributed by atoms with E-state index in [1.165, 1.54) is 5.56 Å². The van der Waals surface area contributed by atoms with Gasteiger partial charge in [-0.15, -0.1) is 0 Å². The quantitative estimate of drug-likeness (QED) is 0.832. The van der Waals surface area contributed by atoms with Crippen molar-refractivity contribution in [3.05, 3.63) is 78.4 Å². The third kappa shape index (κ3) is 3.49. The van der Waals surface area contributed by atoms with Crippen LogP contribution < -0.4 is 5.32 Å². The zero-order valence-corrected chi connectivity index (χ0v) is 10.8. The Hall–Kier alpha value is -2.02. The van der Waals surface area contributed by atoms with Crippen molar-refractivity contribution >= 4 is 5.70 Å². The van der Waals surface area contributed by atoms with Crippen LogP contribution in [0.2, 0.25) is 0 Å². The Labute approximate surface area is 109 Å².